The van der Waals surface area contributed by atoms with Crippen LogP contribution in [-0.4, -0.2) is 23.3 Å². The molecule has 1 fully saturated rings. The lowest BCUT2D eigenvalue weighted by molar-refractivity contribution is 0.00578. The van der Waals surface area contributed by atoms with Crippen molar-refractivity contribution in [2.75, 3.05) is 0 Å². The monoisotopic (exact) mass is 299 g/mol. The molecule has 6 heteroatoms. The summed E-state index contributed by atoms with van der Waals surface area (Å²) in [6, 6.07) is 1.75. The van der Waals surface area contributed by atoms with E-state index in [1.165, 1.54) is 6.20 Å². The van der Waals surface area contributed by atoms with E-state index in [2.05, 4.69) is 4.98 Å². The number of hydrogen-bond acceptors (Lipinski definition) is 3. The third-order valence-corrected chi connectivity index (χ3v) is 4.06. The van der Waals surface area contributed by atoms with E-state index >= 15 is 0 Å². The maximum atomic E-state index is 5.99. The predicted molar refractivity (Wildman–Crippen MR) is 79.4 cm³/mol. The van der Waals surface area contributed by atoms with E-state index in [0.29, 0.717) is 10.2 Å². The van der Waals surface area contributed by atoms with Crippen molar-refractivity contribution >= 4 is 36.4 Å². The van der Waals surface area contributed by atoms with Crippen LogP contribution in [0.3, 0.4) is 0 Å². The molecule has 1 aromatic heterocycles. The van der Waals surface area contributed by atoms with Crippen LogP contribution in [0.5, 0.6) is 0 Å². The highest BCUT2D eigenvalue weighted by molar-refractivity contribution is 6.52. The topological polar surface area (TPSA) is 31.4 Å². The number of rotatable bonds is 2. The fraction of sp³-hybridized carbons (Fsp3) is 0.462. The smallest absolute Gasteiger partial charge is 0.400 e. The Hall–Kier alpha value is -0.545. The lowest BCUT2D eigenvalue weighted by atomic mass is 9.89. The van der Waals surface area contributed by atoms with Gasteiger partial charge in [0.25, 0.3) is 0 Å². The first kappa shape index (κ1) is 14.9. The third-order valence-electron chi connectivity index (χ3n) is 3.54. The molecule has 0 radical (unpaired) electrons. The van der Waals surface area contributed by atoms with Crippen molar-refractivity contribution in [2.45, 2.75) is 38.9 Å². The van der Waals surface area contributed by atoms with Crippen molar-refractivity contribution < 1.29 is 9.31 Å². The highest BCUT2D eigenvalue weighted by atomic mass is 35.5. The molecule has 0 N–H and O–H groups in total. The van der Waals surface area contributed by atoms with Gasteiger partial charge in [0.05, 0.1) is 16.2 Å². The van der Waals surface area contributed by atoms with Gasteiger partial charge >= 0.3 is 7.12 Å². The van der Waals surface area contributed by atoms with Crippen molar-refractivity contribution in [3.05, 3.63) is 34.0 Å². The molecule has 1 aromatic rings. The normalized spacial score (nSPS) is 21.3. The van der Waals surface area contributed by atoms with Gasteiger partial charge in [-0.2, -0.15) is 0 Å². The second-order valence-electron chi connectivity index (χ2n) is 5.52. The Morgan fingerprint density at radius 2 is 1.74 bits per heavy atom. The van der Waals surface area contributed by atoms with E-state index in [0.717, 1.165) is 5.56 Å². The van der Waals surface area contributed by atoms with E-state index < -0.39 is 7.12 Å². The fourth-order valence-electron chi connectivity index (χ4n) is 1.70. The first-order valence-corrected chi connectivity index (χ1v) is 6.82. The molecule has 0 atom stereocenters. The molecular formula is C13H16BCl2NO2. The van der Waals surface area contributed by atoms with Gasteiger partial charge in [-0.15, -0.1) is 0 Å². The molecule has 0 amide bonds. The van der Waals surface area contributed by atoms with Gasteiger partial charge in [0.2, 0.25) is 0 Å². The Balaban J connectivity index is 2.15. The van der Waals surface area contributed by atoms with E-state index in [4.69, 9.17) is 32.5 Å². The minimum atomic E-state index is -0.403. The number of aromatic nitrogens is 1. The quantitative estimate of drug-likeness (QED) is 0.610. The molecule has 0 aromatic carbocycles. The zero-order valence-electron chi connectivity index (χ0n) is 11.4. The third kappa shape index (κ3) is 3.14. The Labute approximate surface area is 124 Å². The van der Waals surface area contributed by atoms with E-state index in [9.17, 15) is 0 Å². The number of hydrogen-bond donors (Lipinski definition) is 0. The summed E-state index contributed by atoms with van der Waals surface area (Å²) in [6.07, 6.45) is 3.32. The zero-order valence-corrected chi connectivity index (χ0v) is 12.9. The molecule has 19 heavy (non-hydrogen) atoms. The van der Waals surface area contributed by atoms with Gasteiger partial charge in [-0.05, 0) is 33.8 Å². The SMILES string of the molecule is CC1(C)OB(/C=C/c2cc(Cl)cnc2Cl)OC1(C)C. The van der Waals surface area contributed by atoms with Crippen molar-refractivity contribution in [2.24, 2.45) is 0 Å². The van der Waals surface area contributed by atoms with Gasteiger partial charge < -0.3 is 9.31 Å². The van der Waals surface area contributed by atoms with Crippen LogP contribution in [0.15, 0.2) is 18.2 Å². The molecule has 3 nitrogen and oxygen atoms in total. The summed E-state index contributed by atoms with van der Waals surface area (Å²) in [7, 11) is -0.403. The zero-order chi connectivity index (χ0) is 14.3. The summed E-state index contributed by atoms with van der Waals surface area (Å²) in [5.74, 6) is 1.82. The van der Waals surface area contributed by atoms with Crippen molar-refractivity contribution in [1.82, 2.24) is 4.98 Å². The summed E-state index contributed by atoms with van der Waals surface area (Å²) < 4.78 is 11.7. The Morgan fingerprint density at radius 3 is 2.32 bits per heavy atom. The highest BCUT2D eigenvalue weighted by Crippen LogP contribution is 2.37. The molecule has 2 rings (SSSR count). The average molecular weight is 300 g/mol. The summed E-state index contributed by atoms with van der Waals surface area (Å²) in [5.41, 5.74) is 0.0421. The molecule has 2 heterocycles. The standard InChI is InChI=1S/C13H16BCl2NO2/c1-12(2)13(3,4)19-14(18-12)6-5-9-7-10(15)8-17-11(9)16/h5-8H,1-4H3/b6-5+. The van der Waals surface area contributed by atoms with Crippen LogP contribution >= 0.6 is 23.2 Å². The van der Waals surface area contributed by atoms with Gasteiger partial charge in [-0.25, -0.2) is 4.98 Å². The van der Waals surface area contributed by atoms with E-state index in [1.807, 2.05) is 39.7 Å². The van der Waals surface area contributed by atoms with Crippen LogP contribution in [0.1, 0.15) is 33.3 Å². The summed E-state index contributed by atoms with van der Waals surface area (Å²) in [6.45, 7) is 8.03. The van der Waals surface area contributed by atoms with Crippen LogP contribution in [0.2, 0.25) is 10.2 Å². The molecule has 0 spiro atoms. The molecule has 0 saturated carbocycles. The lowest BCUT2D eigenvalue weighted by Crippen LogP contribution is -2.41. The Kier molecular flexibility index (Phi) is 3.98. The minimum Gasteiger partial charge on any atom is -0.400 e. The van der Waals surface area contributed by atoms with Crippen molar-refractivity contribution in [1.29, 1.82) is 0 Å². The first-order valence-electron chi connectivity index (χ1n) is 6.06. The molecule has 0 unspecified atom stereocenters. The summed E-state index contributed by atoms with van der Waals surface area (Å²) in [5, 5.41) is 0.940. The summed E-state index contributed by atoms with van der Waals surface area (Å²) >= 11 is 11.9. The number of pyridine rings is 1. The molecule has 0 aliphatic carbocycles. The van der Waals surface area contributed by atoms with Gasteiger partial charge in [-0.1, -0.05) is 35.3 Å². The van der Waals surface area contributed by atoms with E-state index in [-0.39, 0.29) is 11.2 Å². The molecule has 1 saturated heterocycles. The lowest BCUT2D eigenvalue weighted by Gasteiger charge is -2.32. The van der Waals surface area contributed by atoms with Crippen LogP contribution in [0.25, 0.3) is 6.08 Å². The van der Waals surface area contributed by atoms with Gasteiger partial charge in [0, 0.05) is 11.8 Å². The van der Waals surface area contributed by atoms with Crippen LogP contribution in [0, 0.1) is 0 Å². The Morgan fingerprint density at radius 1 is 1.16 bits per heavy atom. The number of halogens is 2. The molecule has 0 bridgehead atoms. The van der Waals surface area contributed by atoms with Crippen molar-refractivity contribution in [3.63, 3.8) is 0 Å². The van der Waals surface area contributed by atoms with Gasteiger partial charge in [0.15, 0.2) is 0 Å². The molecular weight excluding hydrogens is 284 g/mol. The number of nitrogens with zero attached hydrogens (tertiary/aromatic N) is 1. The van der Waals surface area contributed by atoms with Crippen LogP contribution < -0.4 is 0 Å². The van der Waals surface area contributed by atoms with Crippen LogP contribution in [-0.2, 0) is 9.31 Å². The Bertz CT molecular complexity index is 501. The van der Waals surface area contributed by atoms with Crippen LogP contribution in [0.4, 0.5) is 0 Å². The summed E-state index contributed by atoms with van der Waals surface area (Å²) in [4.78, 5) is 3.98. The fourth-order valence-corrected chi connectivity index (χ4v) is 2.04. The second-order valence-corrected chi connectivity index (χ2v) is 6.31. The molecule has 1 aliphatic heterocycles. The van der Waals surface area contributed by atoms with Gasteiger partial charge in [0.1, 0.15) is 5.15 Å². The van der Waals surface area contributed by atoms with Crippen molar-refractivity contribution in [3.8, 4) is 0 Å². The largest absolute Gasteiger partial charge is 0.487 e. The first-order chi connectivity index (χ1) is 8.71. The maximum Gasteiger partial charge on any atom is 0.487 e. The van der Waals surface area contributed by atoms with Gasteiger partial charge in [-0.3, -0.25) is 0 Å². The van der Waals surface area contributed by atoms with E-state index in [1.54, 1.807) is 6.07 Å². The average Bonchev–Trinajstić information content (AvgIpc) is 2.49. The molecule has 102 valence electrons. The second kappa shape index (κ2) is 5.10. The predicted octanol–water partition coefficient (Wildman–Crippen LogP) is 4.03. The highest BCUT2D eigenvalue weighted by Gasteiger charge is 2.49. The maximum absolute atomic E-state index is 5.99. The molecule has 1 aliphatic rings. The minimum absolute atomic E-state index is 0.349.